The van der Waals surface area contributed by atoms with E-state index in [1.165, 1.54) is 23.1 Å². The van der Waals surface area contributed by atoms with E-state index >= 15 is 0 Å². The lowest BCUT2D eigenvalue weighted by atomic mass is 9.74. The summed E-state index contributed by atoms with van der Waals surface area (Å²) in [5, 5.41) is 4.42. The smallest absolute Gasteiger partial charge is 0.0595 e. The Morgan fingerprint density at radius 3 is 2.81 bits per heavy atom. The number of nitrogens with one attached hydrogen (secondary N) is 1. The van der Waals surface area contributed by atoms with Crippen molar-refractivity contribution in [3.05, 3.63) is 68.7 Å². The summed E-state index contributed by atoms with van der Waals surface area (Å²) in [4.78, 5) is 0. The summed E-state index contributed by atoms with van der Waals surface area (Å²) in [6, 6.07) is 15.2. The third-order valence-electron chi connectivity index (χ3n) is 4.29. The standard InChI is InChI=1S/C18H19BrClN/c1-2-21-17(15-8-5-9-16(19)18(15)20)11-13-10-12-6-3-4-7-14(12)13/h3-9,13,17,21H,2,10-11H2,1H3. The van der Waals surface area contributed by atoms with Gasteiger partial charge in [-0.05, 0) is 64.0 Å². The van der Waals surface area contributed by atoms with Crippen LogP contribution in [-0.2, 0) is 6.42 Å². The largest absolute Gasteiger partial charge is 0.310 e. The molecule has 0 heterocycles. The van der Waals surface area contributed by atoms with Crippen molar-refractivity contribution in [3.63, 3.8) is 0 Å². The highest BCUT2D eigenvalue weighted by Gasteiger charge is 2.29. The Hall–Kier alpha value is -0.830. The van der Waals surface area contributed by atoms with Gasteiger partial charge in [0.2, 0.25) is 0 Å². The summed E-state index contributed by atoms with van der Waals surface area (Å²) < 4.78 is 0.971. The van der Waals surface area contributed by atoms with Crippen LogP contribution < -0.4 is 5.32 Å². The van der Waals surface area contributed by atoms with E-state index in [4.69, 9.17) is 11.6 Å². The molecule has 2 aromatic rings. The molecule has 2 aromatic carbocycles. The fraction of sp³-hybridized carbons (Fsp3) is 0.333. The molecule has 0 aromatic heterocycles. The topological polar surface area (TPSA) is 12.0 Å². The van der Waals surface area contributed by atoms with Gasteiger partial charge in [0.15, 0.2) is 0 Å². The van der Waals surface area contributed by atoms with E-state index in [1.54, 1.807) is 0 Å². The fourth-order valence-electron chi connectivity index (χ4n) is 3.21. The molecule has 1 aliphatic rings. The molecule has 2 atom stereocenters. The molecule has 0 radical (unpaired) electrons. The van der Waals surface area contributed by atoms with Crippen molar-refractivity contribution in [2.24, 2.45) is 0 Å². The summed E-state index contributed by atoms with van der Waals surface area (Å²) in [6.07, 6.45) is 2.28. The summed E-state index contributed by atoms with van der Waals surface area (Å²) >= 11 is 10.0. The Balaban J connectivity index is 1.82. The van der Waals surface area contributed by atoms with E-state index < -0.39 is 0 Å². The summed E-state index contributed by atoms with van der Waals surface area (Å²) in [5.41, 5.74) is 4.20. The fourth-order valence-corrected chi connectivity index (χ4v) is 3.85. The van der Waals surface area contributed by atoms with Gasteiger partial charge in [0.25, 0.3) is 0 Å². The first kappa shape index (κ1) is 15.1. The van der Waals surface area contributed by atoms with Crippen molar-refractivity contribution in [2.75, 3.05) is 6.54 Å². The van der Waals surface area contributed by atoms with Gasteiger partial charge in [0, 0.05) is 10.5 Å². The van der Waals surface area contributed by atoms with Crippen LogP contribution in [0.1, 0.15) is 42.0 Å². The molecule has 21 heavy (non-hydrogen) atoms. The SMILES string of the molecule is CCNC(CC1Cc2ccccc21)c1cccc(Br)c1Cl. The van der Waals surface area contributed by atoms with Gasteiger partial charge in [0.05, 0.1) is 5.02 Å². The van der Waals surface area contributed by atoms with Crippen molar-refractivity contribution in [1.82, 2.24) is 5.32 Å². The summed E-state index contributed by atoms with van der Waals surface area (Å²) in [7, 11) is 0. The van der Waals surface area contributed by atoms with E-state index in [9.17, 15) is 0 Å². The van der Waals surface area contributed by atoms with E-state index in [-0.39, 0.29) is 0 Å². The molecule has 0 amide bonds. The Morgan fingerprint density at radius 2 is 2.05 bits per heavy atom. The van der Waals surface area contributed by atoms with Crippen LogP contribution in [0.4, 0.5) is 0 Å². The number of benzene rings is 2. The predicted octanol–water partition coefficient (Wildman–Crippen LogP) is 5.48. The third kappa shape index (κ3) is 3.03. The minimum absolute atomic E-state index is 0.304. The molecule has 0 bridgehead atoms. The third-order valence-corrected chi connectivity index (χ3v) is 5.60. The van der Waals surface area contributed by atoms with E-state index in [2.05, 4.69) is 64.6 Å². The average molecular weight is 365 g/mol. The van der Waals surface area contributed by atoms with Crippen LogP contribution in [0.25, 0.3) is 0 Å². The lowest BCUT2D eigenvalue weighted by Gasteiger charge is -2.33. The van der Waals surface area contributed by atoms with Crippen LogP contribution in [-0.4, -0.2) is 6.54 Å². The number of hydrogen-bond acceptors (Lipinski definition) is 1. The highest BCUT2D eigenvalue weighted by Crippen LogP contribution is 2.42. The van der Waals surface area contributed by atoms with Crippen molar-refractivity contribution < 1.29 is 0 Å². The van der Waals surface area contributed by atoms with Crippen molar-refractivity contribution in [3.8, 4) is 0 Å². The lowest BCUT2D eigenvalue weighted by Crippen LogP contribution is -2.27. The predicted molar refractivity (Wildman–Crippen MR) is 93.1 cm³/mol. The second kappa shape index (κ2) is 6.51. The maximum Gasteiger partial charge on any atom is 0.0595 e. The van der Waals surface area contributed by atoms with Crippen molar-refractivity contribution >= 4 is 27.5 Å². The van der Waals surface area contributed by atoms with Crippen LogP contribution >= 0.6 is 27.5 Å². The first-order valence-electron chi connectivity index (χ1n) is 7.45. The first-order valence-corrected chi connectivity index (χ1v) is 8.63. The van der Waals surface area contributed by atoms with Crippen molar-refractivity contribution in [2.45, 2.75) is 31.7 Å². The zero-order chi connectivity index (χ0) is 14.8. The molecule has 3 heteroatoms. The summed E-state index contributed by atoms with van der Waals surface area (Å²) in [6.45, 7) is 3.09. The Labute approximate surface area is 139 Å². The maximum atomic E-state index is 6.48. The molecule has 2 unspecified atom stereocenters. The molecule has 0 saturated heterocycles. The molecule has 0 spiro atoms. The monoisotopic (exact) mass is 363 g/mol. The molecule has 1 N–H and O–H groups in total. The number of rotatable bonds is 5. The Kier molecular flexibility index (Phi) is 4.68. The first-order chi connectivity index (χ1) is 10.2. The maximum absolute atomic E-state index is 6.48. The minimum atomic E-state index is 0.304. The Bertz CT molecular complexity index is 641. The van der Waals surface area contributed by atoms with E-state index in [1.807, 2.05) is 6.07 Å². The average Bonchev–Trinajstić information content (AvgIpc) is 2.47. The van der Waals surface area contributed by atoms with Gasteiger partial charge in [-0.2, -0.15) is 0 Å². The van der Waals surface area contributed by atoms with Crippen molar-refractivity contribution in [1.29, 1.82) is 0 Å². The van der Waals surface area contributed by atoms with Gasteiger partial charge in [0.1, 0.15) is 0 Å². The van der Waals surface area contributed by atoms with Crippen LogP contribution in [0.2, 0.25) is 5.02 Å². The quantitative estimate of drug-likeness (QED) is 0.740. The molecule has 0 fully saturated rings. The minimum Gasteiger partial charge on any atom is -0.310 e. The molecule has 1 nitrogen and oxygen atoms in total. The molecular formula is C18H19BrClN. The second-order valence-corrected chi connectivity index (χ2v) is 6.82. The van der Waals surface area contributed by atoms with Crippen LogP contribution in [0.15, 0.2) is 46.9 Å². The molecule has 110 valence electrons. The number of halogens is 2. The van der Waals surface area contributed by atoms with E-state index in [0.717, 1.165) is 22.5 Å². The molecule has 3 rings (SSSR count). The number of hydrogen-bond donors (Lipinski definition) is 1. The van der Waals surface area contributed by atoms with E-state index in [0.29, 0.717) is 12.0 Å². The molecule has 0 aliphatic heterocycles. The second-order valence-electron chi connectivity index (χ2n) is 5.59. The highest BCUT2D eigenvalue weighted by molar-refractivity contribution is 9.10. The molecule has 1 aliphatic carbocycles. The van der Waals surface area contributed by atoms with Gasteiger partial charge in [-0.15, -0.1) is 0 Å². The summed E-state index contributed by atoms with van der Waals surface area (Å²) in [5.74, 6) is 0.639. The number of fused-ring (bicyclic) bond motifs is 1. The van der Waals surface area contributed by atoms with Gasteiger partial charge >= 0.3 is 0 Å². The normalized spacial score (nSPS) is 18.0. The van der Waals surface area contributed by atoms with Gasteiger partial charge < -0.3 is 5.32 Å². The zero-order valence-electron chi connectivity index (χ0n) is 12.1. The molecular weight excluding hydrogens is 346 g/mol. The highest BCUT2D eigenvalue weighted by atomic mass is 79.9. The van der Waals surface area contributed by atoms with Crippen LogP contribution in [0, 0.1) is 0 Å². The van der Waals surface area contributed by atoms with Crippen LogP contribution in [0.3, 0.4) is 0 Å². The van der Waals surface area contributed by atoms with Gasteiger partial charge in [-0.3, -0.25) is 0 Å². The zero-order valence-corrected chi connectivity index (χ0v) is 14.4. The molecule has 0 saturated carbocycles. The van der Waals surface area contributed by atoms with Gasteiger partial charge in [-0.25, -0.2) is 0 Å². The Morgan fingerprint density at radius 1 is 1.24 bits per heavy atom. The lowest BCUT2D eigenvalue weighted by molar-refractivity contribution is 0.436. The van der Waals surface area contributed by atoms with Crippen LogP contribution in [0.5, 0.6) is 0 Å². The van der Waals surface area contributed by atoms with Gasteiger partial charge in [-0.1, -0.05) is 54.9 Å².